The minimum absolute atomic E-state index is 0.0310. The lowest BCUT2D eigenvalue weighted by Gasteiger charge is -2.35. The molecule has 0 radical (unpaired) electrons. The van der Waals surface area contributed by atoms with Gasteiger partial charge in [-0.1, -0.05) is 30.3 Å². The summed E-state index contributed by atoms with van der Waals surface area (Å²) in [6, 6.07) is 15.6. The summed E-state index contributed by atoms with van der Waals surface area (Å²) >= 11 is 0. The first-order valence-electron chi connectivity index (χ1n) is 12.2. The van der Waals surface area contributed by atoms with Gasteiger partial charge in [0.1, 0.15) is 17.7 Å². The van der Waals surface area contributed by atoms with E-state index in [4.69, 9.17) is 9.47 Å². The highest BCUT2D eigenvalue weighted by atomic mass is 32.2. The molecule has 41 heavy (non-hydrogen) atoms. The molecule has 0 spiro atoms. The molecule has 1 aliphatic heterocycles. The highest BCUT2D eigenvalue weighted by Crippen LogP contribution is 2.39. The van der Waals surface area contributed by atoms with Gasteiger partial charge in [-0.15, -0.1) is 0 Å². The third kappa shape index (κ3) is 7.45. The van der Waals surface area contributed by atoms with Crippen molar-refractivity contribution in [1.29, 1.82) is 0 Å². The number of nitrogens with one attached hydrogen (secondary N) is 2. The van der Waals surface area contributed by atoms with Crippen molar-refractivity contribution in [1.82, 2.24) is 5.32 Å². The Labute approximate surface area is 233 Å². The topological polar surface area (TPSA) is 114 Å². The zero-order valence-corrected chi connectivity index (χ0v) is 22.3. The molecular weight excluding hydrogens is 570 g/mol. The van der Waals surface area contributed by atoms with Crippen LogP contribution in [0.3, 0.4) is 0 Å². The first-order valence-corrected chi connectivity index (χ1v) is 13.7. The van der Waals surface area contributed by atoms with Crippen LogP contribution in [-0.4, -0.2) is 51.9 Å². The number of hydrogen-bond acceptors (Lipinski definition) is 6. The smallest absolute Gasteiger partial charge is 0.425 e. The summed E-state index contributed by atoms with van der Waals surface area (Å²) in [5.74, 6) is -0.951. The molecule has 3 aromatic rings. The van der Waals surface area contributed by atoms with Gasteiger partial charge in [-0.3, -0.25) is 14.4 Å². The second-order valence-corrected chi connectivity index (χ2v) is 11.0. The van der Waals surface area contributed by atoms with Gasteiger partial charge in [0.15, 0.2) is 0 Å². The molecule has 9 nitrogen and oxygen atoms in total. The van der Waals surface area contributed by atoms with Gasteiger partial charge in [0, 0.05) is 19.0 Å². The zero-order valence-electron chi connectivity index (χ0n) is 21.5. The molecule has 0 aromatic heterocycles. The van der Waals surface area contributed by atoms with Crippen LogP contribution in [0.2, 0.25) is 0 Å². The van der Waals surface area contributed by atoms with Crippen molar-refractivity contribution < 1.29 is 45.0 Å². The van der Waals surface area contributed by atoms with E-state index in [-0.39, 0.29) is 41.0 Å². The quantitative estimate of drug-likeness (QED) is 0.367. The lowest BCUT2D eigenvalue weighted by atomic mass is 10.1. The molecular formula is C27H25F4N3O6S. The van der Waals surface area contributed by atoms with Gasteiger partial charge in [-0.25, -0.2) is 17.6 Å². The summed E-state index contributed by atoms with van der Waals surface area (Å²) < 4.78 is 92.8. The molecule has 0 saturated carbocycles. The van der Waals surface area contributed by atoms with Gasteiger partial charge in [0.2, 0.25) is 12.0 Å². The summed E-state index contributed by atoms with van der Waals surface area (Å²) in [6.45, 7) is 0.981. The van der Waals surface area contributed by atoms with E-state index in [2.05, 4.69) is 10.6 Å². The molecule has 3 aromatic carbocycles. The van der Waals surface area contributed by atoms with Crippen LogP contribution in [-0.2, 0) is 26.0 Å². The first kappa shape index (κ1) is 29.6. The largest absolute Gasteiger partial charge is 0.484 e. The highest BCUT2D eigenvalue weighted by Gasteiger charge is 2.43. The molecule has 0 bridgehead atoms. The molecule has 1 heterocycles. The maximum atomic E-state index is 13.6. The second kappa shape index (κ2) is 12.0. The van der Waals surface area contributed by atoms with Crippen molar-refractivity contribution in [2.45, 2.75) is 36.6 Å². The van der Waals surface area contributed by atoms with E-state index in [1.165, 1.54) is 37.3 Å². The van der Waals surface area contributed by atoms with Gasteiger partial charge in [0.05, 0.1) is 23.7 Å². The number of carbonyl (C=O) groups is 2. The van der Waals surface area contributed by atoms with Crippen LogP contribution in [0.1, 0.15) is 12.5 Å². The number of hydrogen-bond donors (Lipinski definition) is 2. The Balaban J connectivity index is 1.59. The van der Waals surface area contributed by atoms with Gasteiger partial charge < -0.3 is 14.8 Å². The summed E-state index contributed by atoms with van der Waals surface area (Å²) in [4.78, 5) is 23.6. The molecule has 218 valence electrons. The SMILES string of the molecule is CC(=O)NC[C@H]1CN(S(=O)(=O)c2ccc(F)cc2)c2cc(NC(=O)OC(Cc3ccccc3)C(F)(F)F)ccc2O1. The molecule has 0 fully saturated rings. The Bertz CT molecular complexity index is 1500. The molecule has 14 heteroatoms. The molecule has 1 unspecified atom stereocenters. The molecule has 1 aliphatic rings. The van der Waals surface area contributed by atoms with Crippen LogP contribution in [0.15, 0.2) is 77.7 Å². The van der Waals surface area contributed by atoms with Crippen LogP contribution in [0.25, 0.3) is 0 Å². The number of fused-ring (bicyclic) bond motifs is 1. The van der Waals surface area contributed by atoms with Crippen molar-refractivity contribution in [2.75, 3.05) is 22.7 Å². The molecule has 2 atom stereocenters. The molecule has 4 rings (SSSR count). The fourth-order valence-electron chi connectivity index (χ4n) is 4.04. The normalized spacial score (nSPS) is 15.7. The van der Waals surface area contributed by atoms with Crippen molar-refractivity contribution in [3.8, 4) is 5.75 Å². The van der Waals surface area contributed by atoms with Crippen LogP contribution < -0.4 is 19.7 Å². The monoisotopic (exact) mass is 595 g/mol. The number of rotatable bonds is 8. The Morgan fingerprint density at radius 2 is 1.76 bits per heavy atom. The first-order chi connectivity index (χ1) is 19.3. The van der Waals surface area contributed by atoms with Crippen LogP contribution >= 0.6 is 0 Å². The van der Waals surface area contributed by atoms with Crippen molar-refractivity contribution >= 4 is 33.4 Å². The number of benzene rings is 3. The zero-order chi connectivity index (χ0) is 29.8. The number of halogens is 4. The number of sulfonamides is 1. The number of carbonyl (C=O) groups excluding carboxylic acids is 2. The minimum atomic E-state index is -4.85. The fourth-order valence-corrected chi connectivity index (χ4v) is 5.54. The average Bonchev–Trinajstić information content (AvgIpc) is 2.91. The highest BCUT2D eigenvalue weighted by molar-refractivity contribution is 7.92. The van der Waals surface area contributed by atoms with Gasteiger partial charge in [-0.05, 0) is 48.0 Å². The minimum Gasteiger partial charge on any atom is -0.484 e. The van der Waals surface area contributed by atoms with Crippen molar-refractivity contribution in [3.05, 3.63) is 84.2 Å². The van der Waals surface area contributed by atoms with Crippen molar-refractivity contribution in [3.63, 3.8) is 0 Å². The molecule has 0 saturated heterocycles. The van der Waals surface area contributed by atoms with E-state index in [0.717, 1.165) is 28.6 Å². The molecule has 0 aliphatic carbocycles. The number of ether oxygens (including phenoxy) is 2. The molecule has 2 N–H and O–H groups in total. The van der Waals surface area contributed by atoms with Crippen molar-refractivity contribution in [2.24, 2.45) is 0 Å². The number of alkyl halides is 3. The van der Waals surface area contributed by atoms with E-state index < -0.39 is 46.7 Å². The van der Waals surface area contributed by atoms with Gasteiger partial charge in [0.25, 0.3) is 10.0 Å². The number of nitrogens with zero attached hydrogens (tertiary/aromatic N) is 1. The van der Waals surface area contributed by atoms with Crippen LogP contribution in [0.5, 0.6) is 5.75 Å². The third-order valence-corrected chi connectivity index (χ3v) is 7.79. The second-order valence-electron chi connectivity index (χ2n) is 9.10. The van der Waals surface area contributed by atoms with E-state index in [0.29, 0.717) is 5.56 Å². The van der Waals surface area contributed by atoms with E-state index >= 15 is 0 Å². The Morgan fingerprint density at radius 3 is 2.39 bits per heavy atom. The fraction of sp³-hybridized carbons (Fsp3) is 0.259. The van der Waals surface area contributed by atoms with Crippen LogP contribution in [0.4, 0.5) is 33.7 Å². The summed E-state index contributed by atoms with van der Waals surface area (Å²) in [5, 5.41) is 4.76. The third-order valence-electron chi connectivity index (χ3n) is 6.00. The summed E-state index contributed by atoms with van der Waals surface area (Å²) in [6.07, 6.45) is -10.1. The lowest BCUT2D eigenvalue weighted by molar-refractivity contribution is -0.201. The maximum absolute atomic E-state index is 13.6. The Hall–Kier alpha value is -4.33. The average molecular weight is 596 g/mol. The number of anilines is 2. The van der Waals surface area contributed by atoms with Crippen LogP contribution in [0, 0.1) is 5.82 Å². The molecule has 2 amide bonds. The van der Waals surface area contributed by atoms with E-state index in [9.17, 15) is 35.6 Å². The Morgan fingerprint density at radius 1 is 1.07 bits per heavy atom. The maximum Gasteiger partial charge on any atom is 0.425 e. The summed E-state index contributed by atoms with van der Waals surface area (Å²) in [7, 11) is -4.30. The van der Waals surface area contributed by atoms with Gasteiger partial charge >= 0.3 is 12.3 Å². The Kier molecular flexibility index (Phi) is 8.71. The van der Waals surface area contributed by atoms with Gasteiger partial charge in [-0.2, -0.15) is 13.2 Å². The predicted molar refractivity (Wildman–Crippen MR) is 141 cm³/mol. The summed E-state index contributed by atoms with van der Waals surface area (Å²) in [5.41, 5.74) is 0.199. The number of amides is 2. The van der Waals surface area contributed by atoms with E-state index in [1.54, 1.807) is 18.2 Å². The predicted octanol–water partition coefficient (Wildman–Crippen LogP) is 4.64. The standard InChI is InChI=1S/C27H25F4N3O6S/c1-17(35)32-15-21-16-34(41(37,38)22-10-7-19(28)8-11-22)23-14-20(9-12-24(23)39-21)33-26(36)40-25(27(29,30)31)13-18-5-3-2-4-6-18/h2-12,14,21,25H,13,15-16H2,1H3,(H,32,35)(H,33,36)/t21-,25?/m0/s1. The lowest BCUT2D eigenvalue weighted by Crippen LogP contribution is -2.48. The van der Waals surface area contributed by atoms with E-state index in [1.807, 2.05) is 0 Å².